The molecule has 1 N–H and O–H groups in total. The maximum Gasteiger partial charge on any atom is 0.0485 e. The smallest absolute Gasteiger partial charge is 0.0485 e. The van der Waals surface area contributed by atoms with Crippen molar-refractivity contribution >= 4 is 10.9 Å². The van der Waals surface area contributed by atoms with Crippen LogP contribution in [-0.4, -0.2) is 17.7 Å². The first-order valence-electron chi connectivity index (χ1n) is 6.41. The Morgan fingerprint density at radius 3 is 2.76 bits per heavy atom. The first-order chi connectivity index (χ1) is 8.15. The monoisotopic (exact) mass is 230 g/mol. The Labute approximate surface area is 104 Å². The fourth-order valence-electron chi connectivity index (χ4n) is 2.37. The molecule has 2 aromatic rings. The van der Waals surface area contributed by atoms with Gasteiger partial charge in [0, 0.05) is 29.7 Å². The maximum absolute atomic E-state index is 3.29. The highest BCUT2D eigenvalue weighted by molar-refractivity contribution is 5.84. The zero-order chi connectivity index (χ0) is 12.4. The van der Waals surface area contributed by atoms with Gasteiger partial charge in [0.2, 0.25) is 0 Å². The van der Waals surface area contributed by atoms with Crippen molar-refractivity contribution in [2.75, 3.05) is 7.05 Å². The van der Waals surface area contributed by atoms with E-state index in [-0.39, 0.29) is 0 Å². The minimum Gasteiger partial charge on any atom is -0.347 e. The molecule has 0 spiro atoms. The van der Waals surface area contributed by atoms with E-state index < -0.39 is 0 Å². The van der Waals surface area contributed by atoms with Gasteiger partial charge in [0.15, 0.2) is 0 Å². The Morgan fingerprint density at radius 1 is 1.35 bits per heavy atom. The molecule has 0 aliphatic carbocycles. The molecule has 0 radical (unpaired) electrons. The normalized spacial score (nSPS) is 13.2. The molecule has 2 heteroatoms. The fraction of sp³-hybridized carbons (Fsp3) is 0.467. The fourth-order valence-corrected chi connectivity index (χ4v) is 2.37. The van der Waals surface area contributed by atoms with Crippen molar-refractivity contribution in [1.82, 2.24) is 9.88 Å². The number of hydrogen-bond donors (Lipinski definition) is 1. The molecular formula is C15H22N2. The Kier molecular flexibility index (Phi) is 3.53. The molecule has 1 aromatic carbocycles. The molecule has 0 fully saturated rings. The average molecular weight is 230 g/mol. The molecule has 2 rings (SSSR count). The molecule has 17 heavy (non-hydrogen) atoms. The summed E-state index contributed by atoms with van der Waals surface area (Å²) in [5.41, 5.74) is 4.15. The van der Waals surface area contributed by atoms with Gasteiger partial charge in [0.05, 0.1) is 0 Å². The summed E-state index contributed by atoms with van der Waals surface area (Å²) in [4.78, 5) is 0. The van der Waals surface area contributed by atoms with E-state index in [1.54, 1.807) is 0 Å². The lowest BCUT2D eigenvalue weighted by Gasteiger charge is -2.10. The van der Waals surface area contributed by atoms with Crippen LogP contribution in [0.4, 0.5) is 0 Å². The van der Waals surface area contributed by atoms with Crippen LogP contribution in [0.1, 0.15) is 25.0 Å². The third-order valence-corrected chi connectivity index (χ3v) is 3.52. The number of hydrogen-bond acceptors (Lipinski definition) is 1. The van der Waals surface area contributed by atoms with Crippen LogP contribution < -0.4 is 5.32 Å². The van der Waals surface area contributed by atoms with E-state index in [1.807, 2.05) is 7.05 Å². The highest BCUT2D eigenvalue weighted by Crippen LogP contribution is 2.22. The number of aryl methyl sites for hydroxylation is 2. The van der Waals surface area contributed by atoms with Crippen molar-refractivity contribution in [3.8, 4) is 0 Å². The minimum atomic E-state index is 0.526. The van der Waals surface area contributed by atoms with Gasteiger partial charge in [-0.3, -0.25) is 0 Å². The van der Waals surface area contributed by atoms with Gasteiger partial charge >= 0.3 is 0 Å². The molecule has 1 unspecified atom stereocenters. The maximum atomic E-state index is 3.29. The molecule has 1 aromatic heterocycles. The summed E-state index contributed by atoms with van der Waals surface area (Å²) in [6, 6.07) is 7.37. The highest BCUT2D eigenvalue weighted by Gasteiger charge is 2.06. The second kappa shape index (κ2) is 4.92. The predicted octanol–water partition coefficient (Wildman–Crippen LogP) is 3.12. The predicted molar refractivity (Wildman–Crippen MR) is 74.6 cm³/mol. The molecule has 1 heterocycles. The van der Waals surface area contributed by atoms with Crippen molar-refractivity contribution in [2.45, 2.75) is 39.8 Å². The SMILES string of the molecule is CCn1cc(C)c2ccc(CC(C)NC)cc21. The summed E-state index contributed by atoms with van der Waals surface area (Å²) in [7, 11) is 2.02. The third-order valence-electron chi connectivity index (χ3n) is 3.52. The zero-order valence-electron chi connectivity index (χ0n) is 11.2. The van der Waals surface area contributed by atoms with Crippen LogP contribution in [0, 0.1) is 6.92 Å². The third kappa shape index (κ3) is 2.37. The first-order valence-corrected chi connectivity index (χ1v) is 6.41. The molecular weight excluding hydrogens is 208 g/mol. The van der Waals surface area contributed by atoms with Gasteiger partial charge in [-0.1, -0.05) is 12.1 Å². The second-order valence-corrected chi connectivity index (χ2v) is 4.84. The molecule has 1 atom stereocenters. The lowest BCUT2D eigenvalue weighted by atomic mass is 10.0. The van der Waals surface area contributed by atoms with Crippen LogP contribution in [0.2, 0.25) is 0 Å². The van der Waals surface area contributed by atoms with Crippen molar-refractivity contribution < 1.29 is 0 Å². The molecule has 0 amide bonds. The first kappa shape index (κ1) is 12.2. The number of fused-ring (bicyclic) bond motifs is 1. The average Bonchev–Trinajstić information content (AvgIpc) is 2.65. The van der Waals surface area contributed by atoms with Crippen molar-refractivity contribution in [1.29, 1.82) is 0 Å². The van der Waals surface area contributed by atoms with E-state index in [4.69, 9.17) is 0 Å². The Morgan fingerprint density at radius 2 is 2.12 bits per heavy atom. The molecule has 92 valence electrons. The van der Waals surface area contributed by atoms with Gasteiger partial charge in [-0.15, -0.1) is 0 Å². The topological polar surface area (TPSA) is 17.0 Å². The van der Waals surface area contributed by atoms with Gasteiger partial charge in [-0.05, 0) is 51.4 Å². The van der Waals surface area contributed by atoms with Crippen molar-refractivity contribution in [3.05, 3.63) is 35.5 Å². The van der Waals surface area contributed by atoms with E-state index in [1.165, 1.54) is 22.0 Å². The molecule has 2 nitrogen and oxygen atoms in total. The van der Waals surface area contributed by atoms with Crippen LogP contribution in [0.25, 0.3) is 10.9 Å². The Bertz CT molecular complexity index is 511. The number of rotatable bonds is 4. The standard InChI is InChI=1S/C15H22N2/c1-5-17-10-11(2)14-7-6-13(9-15(14)17)8-12(3)16-4/h6-7,9-10,12,16H,5,8H2,1-4H3. The summed E-state index contributed by atoms with van der Waals surface area (Å²) in [5.74, 6) is 0. The summed E-state index contributed by atoms with van der Waals surface area (Å²) in [5, 5.41) is 4.67. The number of nitrogens with one attached hydrogen (secondary N) is 1. The lowest BCUT2D eigenvalue weighted by Crippen LogP contribution is -2.23. The largest absolute Gasteiger partial charge is 0.347 e. The van der Waals surface area contributed by atoms with E-state index >= 15 is 0 Å². The van der Waals surface area contributed by atoms with Gasteiger partial charge < -0.3 is 9.88 Å². The van der Waals surface area contributed by atoms with E-state index in [0.29, 0.717) is 6.04 Å². The van der Waals surface area contributed by atoms with Gasteiger partial charge in [0.1, 0.15) is 0 Å². The van der Waals surface area contributed by atoms with Crippen LogP contribution >= 0.6 is 0 Å². The number of aromatic nitrogens is 1. The Hall–Kier alpha value is -1.28. The van der Waals surface area contributed by atoms with Crippen molar-refractivity contribution in [2.24, 2.45) is 0 Å². The highest BCUT2D eigenvalue weighted by atomic mass is 14.9. The summed E-state index contributed by atoms with van der Waals surface area (Å²) < 4.78 is 2.33. The number of likely N-dealkylation sites (N-methyl/N-ethyl adjacent to an activating group) is 1. The van der Waals surface area contributed by atoms with Crippen molar-refractivity contribution in [3.63, 3.8) is 0 Å². The summed E-state index contributed by atoms with van der Waals surface area (Å²) >= 11 is 0. The van der Waals surface area contributed by atoms with E-state index in [2.05, 4.69) is 55.1 Å². The van der Waals surface area contributed by atoms with Gasteiger partial charge in [-0.2, -0.15) is 0 Å². The molecule has 0 bridgehead atoms. The van der Waals surface area contributed by atoms with Gasteiger partial charge in [0.25, 0.3) is 0 Å². The second-order valence-electron chi connectivity index (χ2n) is 4.84. The molecule has 0 aliphatic heterocycles. The Balaban J connectivity index is 2.41. The molecule has 0 saturated carbocycles. The quantitative estimate of drug-likeness (QED) is 0.854. The van der Waals surface area contributed by atoms with Crippen LogP contribution in [0.15, 0.2) is 24.4 Å². The number of nitrogens with zero attached hydrogens (tertiary/aromatic N) is 1. The lowest BCUT2D eigenvalue weighted by molar-refractivity contribution is 0.608. The zero-order valence-corrected chi connectivity index (χ0v) is 11.2. The van der Waals surface area contributed by atoms with Crippen LogP contribution in [-0.2, 0) is 13.0 Å². The van der Waals surface area contributed by atoms with E-state index in [9.17, 15) is 0 Å². The number of benzene rings is 1. The molecule has 0 aliphatic rings. The summed E-state index contributed by atoms with van der Waals surface area (Å²) in [6.45, 7) is 7.63. The van der Waals surface area contributed by atoms with Crippen LogP contribution in [0.5, 0.6) is 0 Å². The minimum absolute atomic E-state index is 0.526. The molecule has 0 saturated heterocycles. The summed E-state index contributed by atoms with van der Waals surface area (Å²) in [6.07, 6.45) is 3.33. The van der Waals surface area contributed by atoms with Crippen LogP contribution in [0.3, 0.4) is 0 Å². The van der Waals surface area contributed by atoms with E-state index in [0.717, 1.165) is 13.0 Å². The van der Waals surface area contributed by atoms with Gasteiger partial charge in [-0.25, -0.2) is 0 Å².